The Kier molecular flexibility index (Phi) is 8.44. The number of furan rings is 2. The monoisotopic (exact) mass is 856 g/mol. The molecule has 0 amide bonds. The van der Waals surface area contributed by atoms with Crippen LogP contribution in [0.5, 0.6) is 0 Å². The number of rotatable bonds is 6. The number of fused-ring (bicyclic) bond motifs is 13. The Balaban J connectivity index is 1.11. The minimum absolute atomic E-state index is 0.391. The van der Waals surface area contributed by atoms with Gasteiger partial charge in [0.1, 0.15) is 11.2 Å². The molecule has 1 unspecified atom stereocenters. The number of allylic oxidation sites excluding steroid dienone is 3. The Labute approximate surface area is 380 Å². The van der Waals surface area contributed by atoms with Crippen molar-refractivity contribution in [1.82, 2.24) is 0 Å². The molecular formula is C60H44N2O2S. The van der Waals surface area contributed by atoms with Gasteiger partial charge in [0, 0.05) is 63.9 Å². The van der Waals surface area contributed by atoms with Crippen molar-refractivity contribution in [3.63, 3.8) is 0 Å². The van der Waals surface area contributed by atoms with Gasteiger partial charge in [-0.05, 0) is 110 Å². The first-order valence-corrected chi connectivity index (χ1v) is 23.4. The average Bonchev–Trinajstić information content (AvgIpc) is 4.01. The summed E-state index contributed by atoms with van der Waals surface area (Å²) in [5.74, 6) is 0.391. The molecule has 0 saturated heterocycles. The van der Waals surface area contributed by atoms with E-state index in [1.165, 1.54) is 58.4 Å². The zero-order valence-corrected chi connectivity index (χ0v) is 37.5. The molecule has 4 nitrogen and oxygen atoms in total. The lowest BCUT2D eigenvalue weighted by Crippen LogP contribution is -2.19. The first kappa shape index (κ1) is 37.9. The number of aryl methyl sites for hydroxylation is 2. The average molecular weight is 857 g/mol. The van der Waals surface area contributed by atoms with E-state index in [4.69, 9.17) is 8.83 Å². The molecule has 0 fully saturated rings. The van der Waals surface area contributed by atoms with Gasteiger partial charge >= 0.3 is 0 Å². The molecule has 13 rings (SSSR count). The summed E-state index contributed by atoms with van der Waals surface area (Å²) < 4.78 is 16.0. The predicted molar refractivity (Wildman–Crippen MR) is 277 cm³/mol. The van der Waals surface area contributed by atoms with E-state index in [1.807, 2.05) is 17.4 Å². The van der Waals surface area contributed by atoms with Crippen LogP contribution in [0.25, 0.3) is 85.6 Å². The molecule has 12 aromatic rings. The summed E-state index contributed by atoms with van der Waals surface area (Å²) in [6.45, 7) is 8.95. The fourth-order valence-corrected chi connectivity index (χ4v) is 12.1. The minimum Gasteiger partial charge on any atom is -0.454 e. The standard InChI is InChI=1S/C60H44N2O2S/c1-35-27-36(2)30-39(29-35)61(49-23-13-21-47-43-17-9-11-25-53(43)63-59(47)49)51-33-55-57(45-19-7-5-15-41(45)51)58-46-20-8-6-16-42(46)52(34-56(58)65-55)62(40-31-37(3)28-38(4)32-40)50-24-14-22-48-44-18-10-12-26-54(44)64-60(48)50/h5-27,29-34,37H,28H2,1-4H3. The van der Waals surface area contributed by atoms with E-state index >= 15 is 0 Å². The van der Waals surface area contributed by atoms with Gasteiger partial charge in [0.25, 0.3) is 0 Å². The van der Waals surface area contributed by atoms with E-state index in [9.17, 15) is 0 Å². The van der Waals surface area contributed by atoms with Crippen LogP contribution in [0.15, 0.2) is 196 Å². The van der Waals surface area contributed by atoms with Crippen molar-refractivity contribution in [3.05, 3.63) is 198 Å². The number of nitrogens with zero attached hydrogens (tertiary/aromatic N) is 2. The van der Waals surface area contributed by atoms with E-state index < -0.39 is 0 Å². The minimum atomic E-state index is 0.391. The summed E-state index contributed by atoms with van der Waals surface area (Å²) in [6.07, 6.45) is 5.85. The molecule has 0 spiro atoms. The van der Waals surface area contributed by atoms with E-state index in [0.717, 1.165) is 84.4 Å². The number of para-hydroxylation sites is 4. The van der Waals surface area contributed by atoms with Gasteiger partial charge in [-0.15, -0.1) is 11.3 Å². The van der Waals surface area contributed by atoms with E-state index in [0.29, 0.717) is 5.92 Å². The first-order chi connectivity index (χ1) is 31.9. The van der Waals surface area contributed by atoms with Crippen molar-refractivity contribution in [2.75, 3.05) is 9.80 Å². The summed E-state index contributed by atoms with van der Waals surface area (Å²) in [5.41, 5.74) is 13.9. The molecule has 0 radical (unpaired) electrons. The molecule has 0 saturated carbocycles. The Morgan fingerprint density at radius 1 is 0.462 bits per heavy atom. The molecule has 3 aromatic heterocycles. The number of thiophene rings is 1. The van der Waals surface area contributed by atoms with Crippen LogP contribution in [0, 0.1) is 19.8 Å². The largest absolute Gasteiger partial charge is 0.454 e. The van der Waals surface area contributed by atoms with Gasteiger partial charge in [-0.2, -0.15) is 0 Å². The zero-order valence-electron chi connectivity index (χ0n) is 36.6. The topological polar surface area (TPSA) is 32.8 Å². The molecule has 0 aliphatic heterocycles. The number of anilines is 5. The van der Waals surface area contributed by atoms with Crippen LogP contribution < -0.4 is 9.80 Å². The molecule has 1 aliphatic rings. The normalized spacial score (nSPS) is 14.4. The van der Waals surface area contributed by atoms with Gasteiger partial charge in [-0.3, -0.25) is 0 Å². The van der Waals surface area contributed by atoms with Crippen molar-refractivity contribution in [2.45, 2.75) is 34.1 Å². The summed E-state index contributed by atoms with van der Waals surface area (Å²) in [4.78, 5) is 4.90. The third kappa shape index (κ3) is 5.89. The van der Waals surface area contributed by atoms with Crippen LogP contribution in [0.3, 0.4) is 0 Å². The molecule has 1 aliphatic carbocycles. The van der Waals surface area contributed by atoms with E-state index in [2.05, 4.69) is 207 Å². The Morgan fingerprint density at radius 3 is 1.46 bits per heavy atom. The van der Waals surface area contributed by atoms with Crippen LogP contribution in [0.4, 0.5) is 28.4 Å². The van der Waals surface area contributed by atoms with Crippen molar-refractivity contribution in [3.8, 4) is 0 Å². The smallest absolute Gasteiger partial charge is 0.159 e. The van der Waals surface area contributed by atoms with Crippen LogP contribution >= 0.6 is 11.3 Å². The van der Waals surface area contributed by atoms with Crippen LogP contribution in [0.1, 0.15) is 31.4 Å². The third-order valence-electron chi connectivity index (χ3n) is 13.4. The van der Waals surface area contributed by atoms with Crippen molar-refractivity contribution < 1.29 is 8.83 Å². The molecule has 3 heterocycles. The molecule has 5 heteroatoms. The van der Waals surface area contributed by atoms with Gasteiger partial charge in [0.05, 0.1) is 22.7 Å². The summed E-state index contributed by atoms with van der Waals surface area (Å²) in [5, 5.41) is 11.9. The lowest BCUT2D eigenvalue weighted by Gasteiger charge is -2.31. The molecule has 312 valence electrons. The van der Waals surface area contributed by atoms with Crippen LogP contribution in [-0.4, -0.2) is 0 Å². The second-order valence-electron chi connectivity index (χ2n) is 18.0. The molecule has 9 aromatic carbocycles. The van der Waals surface area contributed by atoms with Gasteiger partial charge in [0.15, 0.2) is 11.2 Å². The quantitative estimate of drug-likeness (QED) is 0.167. The highest BCUT2D eigenvalue weighted by Crippen LogP contribution is 2.52. The lowest BCUT2D eigenvalue weighted by molar-refractivity contribution is 0.667. The summed E-state index contributed by atoms with van der Waals surface area (Å²) in [7, 11) is 0. The van der Waals surface area contributed by atoms with Gasteiger partial charge < -0.3 is 18.6 Å². The molecule has 0 N–H and O–H groups in total. The summed E-state index contributed by atoms with van der Waals surface area (Å²) in [6, 6.07) is 59.6. The Morgan fingerprint density at radius 2 is 0.923 bits per heavy atom. The highest BCUT2D eigenvalue weighted by atomic mass is 32.1. The van der Waals surface area contributed by atoms with Crippen LogP contribution in [0.2, 0.25) is 0 Å². The maximum absolute atomic E-state index is 6.80. The molecular weight excluding hydrogens is 813 g/mol. The maximum Gasteiger partial charge on any atom is 0.159 e. The highest BCUT2D eigenvalue weighted by molar-refractivity contribution is 7.26. The number of hydrogen-bond acceptors (Lipinski definition) is 5. The lowest BCUT2D eigenvalue weighted by atomic mass is 9.93. The van der Waals surface area contributed by atoms with Crippen molar-refractivity contribution >= 4 is 125 Å². The second kappa shape index (κ2) is 14.5. The maximum atomic E-state index is 6.80. The molecule has 0 bridgehead atoms. The van der Waals surface area contributed by atoms with E-state index in [-0.39, 0.29) is 0 Å². The number of benzene rings is 9. The zero-order chi connectivity index (χ0) is 43.5. The second-order valence-corrected chi connectivity index (χ2v) is 19.1. The SMILES string of the molecule is CC1=CC(N(c2cc3sc4cc(N(c5cc(C)cc(C)c5)c5cccc6c5oc5ccccc56)c5ccccc5c4c3c3ccccc23)c2cccc3c2oc2ccccc23)=CC(C)C1. The van der Waals surface area contributed by atoms with Crippen molar-refractivity contribution in [2.24, 2.45) is 5.92 Å². The Bertz CT molecular complexity index is 3990. The molecule has 65 heavy (non-hydrogen) atoms. The van der Waals surface area contributed by atoms with Gasteiger partial charge in [-0.25, -0.2) is 0 Å². The third-order valence-corrected chi connectivity index (χ3v) is 14.5. The van der Waals surface area contributed by atoms with Crippen LogP contribution in [-0.2, 0) is 0 Å². The Hall–Kier alpha value is -7.60. The first-order valence-electron chi connectivity index (χ1n) is 22.5. The highest BCUT2D eigenvalue weighted by Gasteiger charge is 2.28. The summed E-state index contributed by atoms with van der Waals surface area (Å²) >= 11 is 1.87. The van der Waals surface area contributed by atoms with Gasteiger partial charge in [0.2, 0.25) is 0 Å². The molecule has 1 atom stereocenters. The van der Waals surface area contributed by atoms with Crippen molar-refractivity contribution in [1.29, 1.82) is 0 Å². The van der Waals surface area contributed by atoms with Gasteiger partial charge in [-0.1, -0.05) is 134 Å². The number of hydrogen-bond donors (Lipinski definition) is 0. The fourth-order valence-electron chi connectivity index (χ4n) is 10.9. The fraction of sp³-hybridized carbons (Fsp3) is 0.100. The van der Waals surface area contributed by atoms with E-state index in [1.54, 1.807) is 0 Å². The predicted octanol–water partition coefficient (Wildman–Crippen LogP) is 18.3.